The Balaban J connectivity index is 1.89. The lowest BCUT2D eigenvalue weighted by atomic mass is 10.3. The van der Waals surface area contributed by atoms with Crippen molar-refractivity contribution in [2.45, 2.75) is 5.75 Å². The fourth-order valence-electron chi connectivity index (χ4n) is 2.09. The first-order chi connectivity index (χ1) is 10.9. The number of rotatable bonds is 5. The van der Waals surface area contributed by atoms with Crippen LogP contribution in [-0.2, 0) is 30.1 Å². The molecule has 1 amide bonds. The van der Waals surface area contributed by atoms with Gasteiger partial charge in [0, 0.05) is 44.4 Å². The van der Waals surface area contributed by atoms with Crippen LogP contribution in [0, 0.1) is 0 Å². The van der Waals surface area contributed by atoms with Gasteiger partial charge < -0.3 is 14.2 Å². The summed E-state index contributed by atoms with van der Waals surface area (Å²) in [7, 11) is -2.29. The summed E-state index contributed by atoms with van der Waals surface area (Å²) in [6.45, 7) is 0.890. The van der Waals surface area contributed by atoms with Crippen LogP contribution in [0.3, 0.4) is 0 Å². The molecule has 0 N–H and O–H groups in total. The van der Waals surface area contributed by atoms with Crippen molar-refractivity contribution < 1.29 is 27.3 Å². The third kappa shape index (κ3) is 4.63. The van der Waals surface area contributed by atoms with E-state index in [4.69, 9.17) is 0 Å². The molecule has 0 atom stereocenters. The Kier molecular flexibility index (Phi) is 5.50. The Bertz CT molecular complexity index is 675. The molecule has 2 heterocycles. The molecular formula is C13H17N3O6S. The Hall–Kier alpha value is -2.20. The van der Waals surface area contributed by atoms with Crippen LogP contribution in [0.2, 0.25) is 0 Å². The normalized spacial score (nSPS) is 16.7. The number of ether oxygens (including phenoxy) is 1. The van der Waals surface area contributed by atoms with Crippen LogP contribution >= 0.6 is 0 Å². The maximum atomic E-state index is 12.2. The van der Waals surface area contributed by atoms with E-state index in [-0.39, 0.29) is 37.8 Å². The van der Waals surface area contributed by atoms with E-state index in [9.17, 15) is 18.0 Å². The van der Waals surface area contributed by atoms with E-state index in [2.05, 4.69) is 14.4 Å². The number of aromatic nitrogens is 1. The lowest BCUT2D eigenvalue weighted by Crippen LogP contribution is -2.50. The summed E-state index contributed by atoms with van der Waals surface area (Å²) in [5.41, 5.74) is 0.338. The molecule has 9 nitrogen and oxygen atoms in total. The van der Waals surface area contributed by atoms with Crippen LogP contribution in [-0.4, -0.2) is 67.9 Å². The molecule has 0 aliphatic carbocycles. The molecule has 2 rings (SSSR count). The van der Waals surface area contributed by atoms with E-state index in [1.54, 1.807) is 0 Å². The van der Waals surface area contributed by atoms with Crippen LogP contribution < -0.4 is 0 Å². The molecule has 1 saturated heterocycles. The predicted octanol–water partition coefficient (Wildman–Crippen LogP) is -0.622. The first-order valence-corrected chi connectivity index (χ1v) is 8.45. The zero-order chi connectivity index (χ0) is 16.9. The zero-order valence-corrected chi connectivity index (χ0v) is 13.4. The molecule has 126 valence electrons. The first-order valence-electron chi connectivity index (χ1n) is 6.84. The van der Waals surface area contributed by atoms with E-state index in [0.29, 0.717) is 5.69 Å². The van der Waals surface area contributed by atoms with Gasteiger partial charge in [0.2, 0.25) is 15.9 Å². The molecule has 23 heavy (non-hydrogen) atoms. The highest BCUT2D eigenvalue weighted by atomic mass is 32.2. The van der Waals surface area contributed by atoms with Gasteiger partial charge in [-0.2, -0.15) is 4.31 Å². The second-order valence-corrected chi connectivity index (χ2v) is 6.80. The maximum Gasteiger partial charge on any atom is 0.330 e. The van der Waals surface area contributed by atoms with Crippen molar-refractivity contribution in [1.82, 2.24) is 14.4 Å². The average Bonchev–Trinajstić information content (AvgIpc) is 3.04. The fourth-order valence-corrected chi connectivity index (χ4v) is 3.51. The summed E-state index contributed by atoms with van der Waals surface area (Å²) in [5, 5.41) is 3.59. The minimum Gasteiger partial charge on any atom is -0.466 e. The molecule has 0 aromatic carbocycles. The van der Waals surface area contributed by atoms with Gasteiger partial charge in [0.25, 0.3) is 0 Å². The lowest BCUT2D eigenvalue weighted by molar-refractivity contribution is -0.135. The zero-order valence-electron chi connectivity index (χ0n) is 12.5. The highest BCUT2D eigenvalue weighted by Crippen LogP contribution is 2.13. The van der Waals surface area contributed by atoms with Crippen LogP contribution in [0.5, 0.6) is 0 Å². The third-order valence-corrected chi connectivity index (χ3v) is 5.14. The van der Waals surface area contributed by atoms with E-state index in [0.717, 1.165) is 12.2 Å². The predicted molar refractivity (Wildman–Crippen MR) is 78.4 cm³/mol. The number of sulfonamides is 1. The van der Waals surface area contributed by atoms with Gasteiger partial charge in [-0.25, -0.2) is 13.2 Å². The van der Waals surface area contributed by atoms with Crippen LogP contribution in [0.4, 0.5) is 0 Å². The van der Waals surface area contributed by atoms with Crippen LogP contribution in [0.1, 0.15) is 5.69 Å². The molecule has 1 aliphatic heterocycles. The third-order valence-electron chi connectivity index (χ3n) is 3.33. The minimum atomic E-state index is -3.50. The number of carbonyl (C=O) groups is 2. The van der Waals surface area contributed by atoms with Crippen molar-refractivity contribution in [1.29, 1.82) is 0 Å². The number of piperazine rings is 1. The fraction of sp³-hybridized carbons (Fsp3) is 0.462. The summed E-state index contributed by atoms with van der Waals surface area (Å²) in [5.74, 6) is -1.21. The molecule has 0 saturated carbocycles. The maximum absolute atomic E-state index is 12.2. The highest BCUT2D eigenvalue weighted by molar-refractivity contribution is 7.88. The summed E-state index contributed by atoms with van der Waals surface area (Å²) < 4.78 is 34.8. The van der Waals surface area contributed by atoms with Gasteiger partial charge in [-0.15, -0.1) is 0 Å². The van der Waals surface area contributed by atoms with E-state index >= 15 is 0 Å². The summed E-state index contributed by atoms with van der Waals surface area (Å²) in [4.78, 5) is 24.3. The molecule has 1 aromatic rings. The monoisotopic (exact) mass is 343 g/mol. The highest BCUT2D eigenvalue weighted by Gasteiger charge is 2.29. The van der Waals surface area contributed by atoms with Crippen molar-refractivity contribution in [3.8, 4) is 0 Å². The number of esters is 1. The average molecular weight is 343 g/mol. The van der Waals surface area contributed by atoms with Gasteiger partial charge in [0.05, 0.1) is 12.8 Å². The molecule has 0 unspecified atom stereocenters. The Morgan fingerprint density at radius 2 is 2.00 bits per heavy atom. The van der Waals surface area contributed by atoms with Crippen LogP contribution in [0.25, 0.3) is 0 Å². The van der Waals surface area contributed by atoms with Crippen molar-refractivity contribution in [3.05, 3.63) is 30.2 Å². The number of nitrogens with zero attached hydrogens (tertiary/aromatic N) is 3. The van der Waals surface area contributed by atoms with E-state index in [1.165, 1.54) is 28.6 Å². The topological polar surface area (TPSA) is 110 Å². The molecule has 1 fully saturated rings. The minimum absolute atomic E-state index is 0.192. The molecular weight excluding hydrogens is 326 g/mol. The van der Waals surface area contributed by atoms with Crippen molar-refractivity contribution >= 4 is 21.9 Å². The van der Waals surface area contributed by atoms with Crippen molar-refractivity contribution in [2.24, 2.45) is 0 Å². The second-order valence-electron chi connectivity index (χ2n) is 4.83. The molecule has 1 aromatic heterocycles. The summed E-state index contributed by atoms with van der Waals surface area (Å²) in [6.07, 6.45) is 3.47. The standard InChI is InChI=1S/C13H17N3O6S/c1-21-13(18)3-2-12(17)15-5-7-16(8-6-15)23(19,20)10-11-4-9-22-14-11/h2-4,9H,5-8,10H2,1H3/b3-2+. The second kappa shape index (κ2) is 7.38. The lowest BCUT2D eigenvalue weighted by Gasteiger charge is -2.33. The van der Waals surface area contributed by atoms with Crippen LogP contribution in [0.15, 0.2) is 29.0 Å². The molecule has 0 spiro atoms. The van der Waals surface area contributed by atoms with Gasteiger partial charge in [0.1, 0.15) is 12.0 Å². The molecule has 1 aliphatic rings. The Labute approximate surface area is 133 Å². The first kappa shape index (κ1) is 17.2. The Morgan fingerprint density at radius 1 is 1.30 bits per heavy atom. The van der Waals surface area contributed by atoms with Gasteiger partial charge in [-0.3, -0.25) is 4.79 Å². The summed E-state index contributed by atoms with van der Waals surface area (Å²) in [6, 6.07) is 1.49. The number of carbonyl (C=O) groups excluding carboxylic acids is 2. The largest absolute Gasteiger partial charge is 0.466 e. The quantitative estimate of drug-likeness (QED) is 0.517. The van der Waals surface area contributed by atoms with Gasteiger partial charge in [-0.1, -0.05) is 5.16 Å². The molecule has 10 heteroatoms. The smallest absolute Gasteiger partial charge is 0.330 e. The van der Waals surface area contributed by atoms with Gasteiger partial charge >= 0.3 is 5.97 Å². The SMILES string of the molecule is COC(=O)/C=C/C(=O)N1CCN(S(=O)(=O)Cc2ccon2)CC1. The summed E-state index contributed by atoms with van der Waals surface area (Å²) >= 11 is 0. The number of amides is 1. The van der Waals surface area contributed by atoms with E-state index < -0.39 is 16.0 Å². The van der Waals surface area contributed by atoms with Gasteiger partial charge in [-0.05, 0) is 0 Å². The van der Waals surface area contributed by atoms with Crippen molar-refractivity contribution in [3.63, 3.8) is 0 Å². The number of hydrogen-bond acceptors (Lipinski definition) is 7. The van der Waals surface area contributed by atoms with E-state index in [1.807, 2.05) is 0 Å². The van der Waals surface area contributed by atoms with Crippen molar-refractivity contribution in [2.75, 3.05) is 33.3 Å². The number of hydrogen-bond donors (Lipinski definition) is 0. The molecule has 0 bridgehead atoms. The van der Waals surface area contributed by atoms with Gasteiger partial charge in [0.15, 0.2) is 0 Å². The Morgan fingerprint density at radius 3 is 2.57 bits per heavy atom. The molecule has 0 radical (unpaired) electrons. The number of methoxy groups -OCH3 is 1.